The average molecular weight is 337 g/mol. The lowest BCUT2D eigenvalue weighted by atomic mass is 9.94. The molecule has 2 aliphatic rings. The van der Waals surface area contributed by atoms with E-state index < -0.39 is 5.91 Å². The number of anilines is 1. The third-order valence-electron chi connectivity index (χ3n) is 4.07. The maximum absolute atomic E-state index is 13.0. The van der Waals surface area contributed by atoms with Crippen molar-refractivity contribution >= 4 is 23.1 Å². The van der Waals surface area contributed by atoms with Gasteiger partial charge in [-0.2, -0.15) is 0 Å². The van der Waals surface area contributed by atoms with E-state index in [9.17, 15) is 9.59 Å². The summed E-state index contributed by atoms with van der Waals surface area (Å²) in [6.45, 7) is 2.38. The van der Waals surface area contributed by atoms with Crippen molar-refractivity contribution in [2.75, 3.05) is 18.3 Å². The Labute approximate surface area is 144 Å². The SMILES string of the molecule is CCOC=C1C(=O)N(c2ccc3c(c2)OCO3)C(=O)c2ccccc21. The molecule has 0 unspecified atom stereocenters. The molecule has 0 saturated carbocycles. The highest BCUT2D eigenvalue weighted by Crippen LogP contribution is 2.38. The Morgan fingerprint density at radius 3 is 2.60 bits per heavy atom. The van der Waals surface area contributed by atoms with Crippen LogP contribution in [0.4, 0.5) is 5.69 Å². The predicted octanol–water partition coefficient (Wildman–Crippen LogP) is 2.98. The second-order valence-corrected chi connectivity index (χ2v) is 5.52. The van der Waals surface area contributed by atoms with Crippen molar-refractivity contribution in [1.82, 2.24) is 0 Å². The number of carbonyl (C=O) groups excluding carboxylic acids is 2. The van der Waals surface area contributed by atoms with Crippen LogP contribution >= 0.6 is 0 Å². The van der Waals surface area contributed by atoms with Crippen LogP contribution in [0.1, 0.15) is 22.8 Å². The summed E-state index contributed by atoms with van der Waals surface area (Å²) < 4.78 is 16.0. The van der Waals surface area contributed by atoms with E-state index >= 15 is 0 Å². The van der Waals surface area contributed by atoms with Crippen LogP contribution in [0.2, 0.25) is 0 Å². The lowest BCUT2D eigenvalue weighted by molar-refractivity contribution is -0.113. The Hall–Kier alpha value is -3.28. The van der Waals surface area contributed by atoms with Crippen LogP contribution in [0.15, 0.2) is 48.7 Å². The minimum absolute atomic E-state index is 0.124. The Balaban J connectivity index is 1.83. The number of hydrogen-bond donors (Lipinski definition) is 0. The lowest BCUT2D eigenvalue weighted by Crippen LogP contribution is -2.41. The second kappa shape index (κ2) is 5.98. The zero-order valence-electron chi connectivity index (χ0n) is 13.5. The van der Waals surface area contributed by atoms with Crippen LogP contribution in [-0.2, 0) is 9.53 Å². The van der Waals surface area contributed by atoms with Gasteiger partial charge in [0.05, 0.1) is 24.1 Å². The highest BCUT2D eigenvalue weighted by Gasteiger charge is 2.36. The maximum Gasteiger partial charge on any atom is 0.269 e. The molecule has 126 valence electrons. The molecule has 6 nitrogen and oxygen atoms in total. The topological polar surface area (TPSA) is 65.1 Å². The number of imide groups is 1. The van der Waals surface area contributed by atoms with E-state index in [-0.39, 0.29) is 12.7 Å². The molecular weight excluding hydrogens is 322 g/mol. The monoisotopic (exact) mass is 337 g/mol. The first kappa shape index (κ1) is 15.3. The van der Waals surface area contributed by atoms with E-state index in [4.69, 9.17) is 14.2 Å². The van der Waals surface area contributed by atoms with Gasteiger partial charge in [-0.15, -0.1) is 0 Å². The number of ether oxygens (including phenoxy) is 3. The lowest BCUT2D eigenvalue weighted by Gasteiger charge is -2.28. The van der Waals surface area contributed by atoms with Crippen LogP contribution < -0.4 is 14.4 Å². The molecule has 0 spiro atoms. The summed E-state index contributed by atoms with van der Waals surface area (Å²) in [5, 5.41) is 0. The molecule has 0 bridgehead atoms. The summed E-state index contributed by atoms with van der Waals surface area (Å²) in [5.41, 5.74) is 1.79. The molecule has 0 fully saturated rings. The summed E-state index contributed by atoms with van der Waals surface area (Å²) in [4.78, 5) is 27.0. The average Bonchev–Trinajstić information content (AvgIpc) is 3.10. The van der Waals surface area contributed by atoms with Crippen molar-refractivity contribution in [3.8, 4) is 11.5 Å². The zero-order chi connectivity index (χ0) is 17.4. The van der Waals surface area contributed by atoms with Crippen LogP contribution in [-0.4, -0.2) is 25.2 Å². The molecule has 2 heterocycles. The van der Waals surface area contributed by atoms with Gasteiger partial charge < -0.3 is 14.2 Å². The molecule has 0 atom stereocenters. The first-order chi connectivity index (χ1) is 12.2. The fourth-order valence-electron chi connectivity index (χ4n) is 2.89. The van der Waals surface area contributed by atoms with E-state index in [0.29, 0.717) is 40.5 Å². The van der Waals surface area contributed by atoms with Gasteiger partial charge >= 0.3 is 0 Å². The van der Waals surface area contributed by atoms with Gasteiger partial charge in [0.2, 0.25) is 6.79 Å². The van der Waals surface area contributed by atoms with Crippen LogP contribution in [0, 0.1) is 0 Å². The Morgan fingerprint density at radius 2 is 1.80 bits per heavy atom. The van der Waals surface area contributed by atoms with Gasteiger partial charge in [-0.25, -0.2) is 4.90 Å². The van der Waals surface area contributed by atoms with E-state index in [1.54, 1.807) is 42.5 Å². The van der Waals surface area contributed by atoms with E-state index in [0.717, 1.165) is 4.90 Å². The molecule has 6 heteroatoms. The first-order valence-corrected chi connectivity index (χ1v) is 7.90. The zero-order valence-corrected chi connectivity index (χ0v) is 13.5. The number of hydrogen-bond acceptors (Lipinski definition) is 5. The Morgan fingerprint density at radius 1 is 1.04 bits per heavy atom. The summed E-state index contributed by atoms with van der Waals surface area (Å²) in [5.74, 6) is 0.280. The summed E-state index contributed by atoms with van der Waals surface area (Å²) in [6.07, 6.45) is 1.41. The molecule has 2 aromatic carbocycles. The molecule has 0 radical (unpaired) electrons. The van der Waals surface area contributed by atoms with Crippen LogP contribution in [0.5, 0.6) is 11.5 Å². The van der Waals surface area contributed by atoms with Gasteiger partial charge in [-0.05, 0) is 25.1 Å². The molecule has 25 heavy (non-hydrogen) atoms. The van der Waals surface area contributed by atoms with E-state index in [1.807, 2.05) is 6.92 Å². The largest absolute Gasteiger partial charge is 0.501 e. The standard InChI is InChI=1S/C19H15NO5/c1-2-23-10-15-13-5-3-4-6-14(13)18(21)20(19(15)22)12-7-8-16-17(9-12)25-11-24-16/h3-10H,2,11H2,1H3. The highest BCUT2D eigenvalue weighted by molar-refractivity contribution is 6.40. The van der Waals surface area contributed by atoms with Gasteiger partial charge in [0, 0.05) is 17.2 Å². The number of carbonyl (C=O) groups is 2. The van der Waals surface area contributed by atoms with Crippen LogP contribution in [0.25, 0.3) is 5.57 Å². The van der Waals surface area contributed by atoms with Crippen molar-refractivity contribution in [1.29, 1.82) is 0 Å². The second-order valence-electron chi connectivity index (χ2n) is 5.52. The minimum atomic E-state index is -0.434. The molecule has 0 N–H and O–H groups in total. The van der Waals surface area contributed by atoms with Crippen LogP contribution in [0.3, 0.4) is 0 Å². The maximum atomic E-state index is 13.0. The number of fused-ring (bicyclic) bond motifs is 2. The van der Waals surface area contributed by atoms with Gasteiger partial charge in [-0.1, -0.05) is 18.2 Å². The molecule has 0 saturated heterocycles. The summed E-state index contributed by atoms with van der Waals surface area (Å²) >= 11 is 0. The molecule has 2 aliphatic heterocycles. The molecular formula is C19H15NO5. The fraction of sp³-hybridized carbons (Fsp3) is 0.158. The number of benzene rings is 2. The minimum Gasteiger partial charge on any atom is -0.501 e. The predicted molar refractivity (Wildman–Crippen MR) is 90.4 cm³/mol. The van der Waals surface area contributed by atoms with Crippen molar-refractivity contribution in [3.63, 3.8) is 0 Å². The summed E-state index contributed by atoms with van der Waals surface area (Å²) in [7, 11) is 0. The summed E-state index contributed by atoms with van der Waals surface area (Å²) in [6, 6.07) is 12.0. The number of amides is 2. The number of rotatable bonds is 3. The quantitative estimate of drug-likeness (QED) is 0.489. The molecule has 2 amide bonds. The molecule has 0 aliphatic carbocycles. The third kappa shape index (κ3) is 2.42. The van der Waals surface area contributed by atoms with Gasteiger partial charge in [0.1, 0.15) is 0 Å². The van der Waals surface area contributed by atoms with Crippen molar-refractivity contribution in [2.24, 2.45) is 0 Å². The molecule has 0 aromatic heterocycles. The van der Waals surface area contributed by atoms with Gasteiger partial charge in [0.25, 0.3) is 11.8 Å². The normalized spacial score (nSPS) is 17.0. The first-order valence-electron chi connectivity index (χ1n) is 7.90. The van der Waals surface area contributed by atoms with E-state index in [1.165, 1.54) is 6.26 Å². The highest BCUT2D eigenvalue weighted by atomic mass is 16.7. The van der Waals surface area contributed by atoms with Crippen molar-refractivity contribution in [2.45, 2.75) is 6.92 Å². The number of nitrogens with zero attached hydrogens (tertiary/aromatic N) is 1. The van der Waals surface area contributed by atoms with Gasteiger partial charge in [0.15, 0.2) is 11.5 Å². The Bertz CT molecular complexity index is 902. The Kier molecular flexibility index (Phi) is 3.65. The van der Waals surface area contributed by atoms with E-state index in [2.05, 4.69) is 0 Å². The third-order valence-corrected chi connectivity index (χ3v) is 4.07. The molecule has 4 rings (SSSR count). The fourth-order valence-corrected chi connectivity index (χ4v) is 2.89. The van der Waals surface area contributed by atoms with Crippen molar-refractivity contribution in [3.05, 3.63) is 59.9 Å². The van der Waals surface area contributed by atoms with Gasteiger partial charge in [-0.3, -0.25) is 9.59 Å². The molecule has 2 aromatic rings. The van der Waals surface area contributed by atoms with Crippen molar-refractivity contribution < 1.29 is 23.8 Å². The smallest absolute Gasteiger partial charge is 0.269 e.